The number of aliphatic hydroxyl groups excluding tert-OH is 1. The first-order valence-electron chi connectivity index (χ1n) is 37.8. The maximum absolute atomic E-state index is 15.6. The number of nitrogens with one attached hydrogen (secondary N) is 4. The number of halogens is 3. The van der Waals surface area contributed by atoms with Crippen molar-refractivity contribution < 1.29 is 75.6 Å². The quantitative estimate of drug-likeness (QED) is 0.0443. The maximum atomic E-state index is 15.6. The monoisotopic (exact) mass is 1510 g/mol. The number of carbonyl (C=O) groups is 11. The van der Waals surface area contributed by atoms with E-state index >= 15 is 28.8 Å². The summed E-state index contributed by atoms with van der Waals surface area (Å²) in [6.45, 7) is 32.0. The van der Waals surface area contributed by atoms with Crippen molar-refractivity contribution in [1.82, 2.24) is 55.6 Å². The van der Waals surface area contributed by atoms with Gasteiger partial charge >= 0.3 is 6.18 Å². The number of hydrogen-bond acceptors (Lipinski definition) is 13. The fourth-order valence-corrected chi connectivity index (χ4v) is 13.8. The van der Waals surface area contributed by atoms with Gasteiger partial charge in [0.1, 0.15) is 73.0 Å². The van der Waals surface area contributed by atoms with Crippen molar-refractivity contribution in [3.63, 3.8) is 0 Å². The van der Waals surface area contributed by atoms with Gasteiger partial charge in [0.05, 0.1) is 22.7 Å². The van der Waals surface area contributed by atoms with Gasteiger partial charge in [-0.3, -0.25) is 52.7 Å². The van der Waals surface area contributed by atoms with E-state index in [0.717, 1.165) is 27.6 Å². The molecule has 5 N–H and O–H groups in total. The summed E-state index contributed by atoms with van der Waals surface area (Å²) in [4.78, 5) is 175. The van der Waals surface area contributed by atoms with Gasteiger partial charge in [0.15, 0.2) is 6.20 Å². The van der Waals surface area contributed by atoms with Gasteiger partial charge in [0, 0.05) is 82.0 Å². The van der Waals surface area contributed by atoms with Crippen LogP contribution in [0.5, 0.6) is 0 Å². The molecule has 28 heteroatoms. The Bertz CT molecular complexity index is 3430. The molecule has 0 aliphatic carbocycles. The SMILES string of the molecule is C=CCC1C(=O)N(C)[C@@H](CC(C)C)C(=O)N[C@@H](C(C)C)C(=O)N(C)[C@@H](CC(C)C)C(=O)N[C@@H](C)C(=O)N[C@H](C)C(=O)N(C)[C@@H](CC(C)C)C(=O)N(C)[C@@H](CC(C)C)C(=O)N(C)[C@@H](C(C)C)C(=O)N(C)[C@@H]([C@H](O)[C@H](C)C/C=C/CCC[n+]2ccc(N(C)C)c3ccc(C(F)(F)F)cc32)C(=O)N[C@@H](CC)C(=O)N1C. The van der Waals surface area contributed by atoms with E-state index in [-0.39, 0.29) is 68.6 Å². The first-order chi connectivity index (χ1) is 49.6. The number of anilines is 1. The molecule has 1 saturated heterocycles. The zero-order valence-electron chi connectivity index (χ0n) is 68.5. The second-order valence-corrected chi connectivity index (χ2v) is 31.9. The van der Waals surface area contributed by atoms with Gasteiger partial charge < -0.3 is 65.6 Å². The molecule has 2 heterocycles. The molecule has 1 aliphatic rings. The van der Waals surface area contributed by atoms with Crippen molar-refractivity contribution in [2.24, 2.45) is 41.4 Å². The van der Waals surface area contributed by atoms with Gasteiger partial charge in [-0.05, 0) is 119 Å². The van der Waals surface area contributed by atoms with Crippen molar-refractivity contribution in [1.29, 1.82) is 0 Å². The Morgan fingerprint density at radius 1 is 0.533 bits per heavy atom. The summed E-state index contributed by atoms with van der Waals surface area (Å²) in [6, 6.07) is -8.97. The van der Waals surface area contributed by atoms with Gasteiger partial charge in [-0.25, -0.2) is 0 Å². The summed E-state index contributed by atoms with van der Waals surface area (Å²) in [7, 11) is 13.4. The average molecular weight is 1510 g/mol. The number of aryl methyl sites for hydroxylation is 1. The summed E-state index contributed by atoms with van der Waals surface area (Å²) in [5.74, 6) is -10.8. The van der Waals surface area contributed by atoms with Gasteiger partial charge in [-0.15, -0.1) is 6.58 Å². The van der Waals surface area contributed by atoms with Crippen molar-refractivity contribution in [3.8, 4) is 0 Å². The molecular formula is C79H129F3N13O12+. The van der Waals surface area contributed by atoms with Crippen LogP contribution in [0, 0.1) is 41.4 Å². The molecule has 1 aliphatic heterocycles. The highest BCUT2D eigenvalue weighted by Crippen LogP contribution is 2.34. The van der Waals surface area contributed by atoms with Crippen LogP contribution in [-0.4, -0.2) is 240 Å². The number of likely N-dealkylation sites (N-methyl/N-ethyl adjacent to an activating group) is 7. The molecule has 1 fully saturated rings. The van der Waals surface area contributed by atoms with E-state index in [1.54, 1.807) is 58.4 Å². The predicted octanol–water partition coefficient (Wildman–Crippen LogP) is 7.20. The maximum Gasteiger partial charge on any atom is 0.416 e. The molecule has 13 atom stereocenters. The number of carbonyl (C=O) groups excluding carboxylic acids is 11. The number of alkyl halides is 3. The van der Waals surface area contributed by atoms with E-state index in [0.29, 0.717) is 30.3 Å². The van der Waals surface area contributed by atoms with E-state index in [9.17, 15) is 42.3 Å². The van der Waals surface area contributed by atoms with Crippen molar-refractivity contribution in [2.75, 3.05) is 68.3 Å². The second-order valence-electron chi connectivity index (χ2n) is 31.9. The lowest BCUT2D eigenvalue weighted by molar-refractivity contribution is -0.671. The predicted molar refractivity (Wildman–Crippen MR) is 409 cm³/mol. The number of aliphatic hydroxyl groups is 1. The van der Waals surface area contributed by atoms with E-state index in [4.69, 9.17) is 0 Å². The molecule has 107 heavy (non-hydrogen) atoms. The van der Waals surface area contributed by atoms with Gasteiger partial charge in [-0.2, -0.15) is 17.7 Å². The Labute approximate surface area is 634 Å². The second kappa shape index (κ2) is 41.4. The summed E-state index contributed by atoms with van der Waals surface area (Å²) in [6.07, 6.45) is 1.89. The molecule has 1 aromatic carbocycles. The number of benzene rings is 1. The minimum atomic E-state index is -4.56. The Balaban J connectivity index is 2.34. The molecule has 0 radical (unpaired) electrons. The molecule has 25 nitrogen and oxygen atoms in total. The largest absolute Gasteiger partial charge is 0.416 e. The Kier molecular flexibility index (Phi) is 36.0. The number of nitrogens with zero attached hydrogens (tertiary/aromatic N) is 9. The van der Waals surface area contributed by atoms with Crippen LogP contribution in [0.25, 0.3) is 10.9 Å². The zero-order valence-corrected chi connectivity index (χ0v) is 68.5. The molecule has 2 aromatic rings. The van der Waals surface area contributed by atoms with E-state index < -0.39 is 167 Å². The molecule has 1 aromatic heterocycles. The smallest absolute Gasteiger partial charge is 0.390 e. The van der Waals surface area contributed by atoms with Crippen molar-refractivity contribution in [2.45, 2.75) is 254 Å². The zero-order chi connectivity index (χ0) is 81.9. The highest BCUT2D eigenvalue weighted by molar-refractivity contribution is 6.00. The molecule has 0 bridgehead atoms. The third kappa shape index (κ3) is 24.9. The summed E-state index contributed by atoms with van der Waals surface area (Å²) in [5.41, 5.74) is 0.367. The number of allylic oxidation sites excluding steroid dienone is 2. The van der Waals surface area contributed by atoms with Crippen LogP contribution in [0.15, 0.2) is 55.3 Å². The summed E-state index contributed by atoms with van der Waals surface area (Å²) in [5, 5.41) is 24.4. The lowest BCUT2D eigenvalue weighted by Crippen LogP contribution is -2.64. The summed E-state index contributed by atoms with van der Waals surface area (Å²) < 4.78 is 43.7. The number of unbranched alkanes of at least 4 members (excludes halogenated alkanes) is 1. The minimum absolute atomic E-state index is 0.0720. The molecule has 1 unspecified atom stereocenters. The third-order valence-electron chi connectivity index (χ3n) is 20.3. The Morgan fingerprint density at radius 2 is 0.991 bits per heavy atom. The lowest BCUT2D eigenvalue weighted by atomic mass is 9.91. The fourth-order valence-electron chi connectivity index (χ4n) is 13.8. The van der Waals surface area contributed by atoms with Crippen LogP contribution >= 0.6 is 0 Å². The normalized spacial score (nSPS) is 24.6. The van der Waals surface area contributed by atoms with Crippen molar-refractivity contribution >= 4 is 81.6 Å². The highest BCUT2D eigenvalue weighted by Gasteiger charge is 2.47. The van der Waals surface area contributed by atoms with Crippen molar-refractivity contribution in [3.05, 3.63) is 60.8 Å². The highest BCUT2D eigenvalue weighted by atomic mass is 19.4. The molecule has 3 rings (SSSR count). The summed E-state index contributed by atoms with van der Waals surface area (Å²) >= 11 is 0. The number of amides is 11. The number of rotatable bonds is 22. The average Bonchev–Trinajstić information content (AvgIpc) is 0.789. The molecular weight excluding hydrogens is 1380 g/mol. The van der Waals surface area contributed by atoms with E-state index in [1.807, 2.05) is 86.5 Å². The molecule has 602 valence electrons. The lowest BCUT2D eigenvalue weighted by Gasteiger charge is -2.41. The third-order valence-corrected chi connectivity index (χ3v) is 20.3. The molecule has 0 spiro atoms. The van der Waals surface area contributed by atoms with Crippen LogP contribution in [0.3, 0.4) is 0 Å². The Hall–Kier alpha value is -8.17. The van der Waals surface area contributed by atoms with Crippen LogP contribution in [-0.2, 0) is 65.5 Å². The number of pyridine rings is 1. The number of hydrogen-bond donors (Lipinski definition) is 5. The first kappa shape index (κ1) is 93.0. The molecule has 11 amide bonds. The topological polar surface area (TPSA) is 286 Å². The van der Waals surface area contributed by atoms with Gasteiger partial charge in [0.25, 0.3) is 0 Å². The van der Waals surface area contributed by atoms with Gasteiger partial charge in [0.2, 0.25) is 70.5 Å². The van der Waals surface area contributed by atoms with E-state index in [2.05, 4.69) is 27.8 Å². The van der Waals surface area contributed by atoms with Crippen LogP contribution < -0.4 is 30.7 Å². The number of aromatic nitrogens is 1. The standard InChI is InChI=1S/C79H128F3N13O12/c1-27-33-58-74(103)89(21)61(41-46(5)6)70(99)86-64(49(11)12)77(106)90(22)60(40-45(3)4)69(98)83-52(16)68(97)84-53(17)72(101)91(23)62(42-47(7)8)75(104)92(24)63(43-48(9)10)76(105)93(25)65(50(13)14)78(107)94(26)66(71(100)85-56(28-2)73(102)88(58)20)67(96)51(15)34-31-29-30-32-38-95-39-37-57(87(18)19)55-36-35-54(44-59(55)95)79(80,81)82/h27,29,31,35-37,39,44-53,56,58,60-67,96H,1,28,30,32-34,38,40-43H2,2-26H3,(H3-,83,84,85,86,97,98,99,100)/p+1/b31-29+/t51-,52+,53-,56+,58?,60+,61+,62+,63+,64+,65+,66+,67-/m1/s1. The Morgan fingerprint density at radius 3 is 1.48 bits per heavy atom. The number of fused-ring (bicyclic) bond motifs is 1. The molecule has 0 saturated carbocycles. The van der Waals surface area contributed by atoms with Gasteiger partial charge in [-0.1, -0.05) is 115 Å². The fraction of sp³-hybridized carbons (Fsp3) is 0.696. The van der Waals surface area contributed by atoms with E-state index in [1.165, 1.54) is 99.8 Å². The van der Waals surface area contributed by atoms with Crippen LogP contribution in [0.1, 0.15) is 174 Å². The van der Waals surface area contributed by atoms with Crippen LogP contribution in [0.4, 0.5) is 18.9 Å². The van der Waals surface area contributed by atoms with Crippen LogP contribution in [0.2, 0.25) is 0 Å². The minimum Gasteiger partial charge on any atom is -0.390 e. The first-order valence-corrected chi connectivity index (χ1v) is 37.8.